The second-order valence-electron chi connectivity index (χ2n) is 5.19. The maximum absolute atomic E-state index is 12.1. The number of carbonyl (C=O) groups excluding carboxylic acids is 1. The van der Waals surface area contributed by atoms with E-state index in [4.69, 9.17) is 9.84 Å². The molecule has 2 rings (SSSR count). The van der Waals surface area contributed by atoms with E-state index in [-0.39, 0.29) is 19.1 Å². The van der Waals surface area contributed by atoms with E-state index in [1.54, 1.807) is 11.9 Å². The predicted molar refractivity (Wildman–Crippen MR) is 60.5 cm³/mol. The number of carbonyl (C=O) groups is 2. The summed E-state index contributed by atoms with van der Waals surface area (Å²) < 4.78 is 4.90. The lowest BCUT2D eigenvalue weighted by Crippen LogP contribution is -2.59. The van der Waals surface area contributed by atoms with Gasteiger partial charge in [0.25, 0.3) is 0 Å². The lowest BCUT2D eigenvalue weighted by atomic mass is 9.82. The fraction of sp³-hybridized carbons (Fsp3) is 0.833. The number of amides is 1. The predicted octanol–water partition coefficient (Wildman–Crippen LogP) is 0.736. The molecule has 1 aliphatic carbocycles. The van der Waals surface area contributed by atoms with Crippen LogP contribution in [0.2, 0.25) is 0 Å². The highest BCUT2D eigenvalue weighted by molar-refractivity contribution is 6.03. The second-order valence-corrected chi connectivity index (χ2v) is 5.19. The molecule has 96 valence electrons. The standard InChI is InChI=1S/C12H19NO4/c1-13(6-5-9-3-2-4-9)10(14)12(11(15)16)7-17-8-12/h9H,2-8H2,1H3,(H,15,16). The molecule has 0 unspecified atom stereocenters. The molecule has 5 nitrogen and oxygen atoms in total. The van der Waals surface area contributed by atoms with Gasteiger partial charge in [0.2, 0.25) is 5.91 Å². The van der Waals surface area contributed by atoms with Gasteiger partial charge in [-0.2, -0.15) is 0 Å². The molecule has 1 N–H and O–H groups in total. The summed E-state index contributed by atoms with van der Waals surface area (Å²) in [7, 11) is 1.68. The lowest BCUT2D eigenvalue weighted by molar-refractivity contribution is -0.190. The molecule has 0 bridgehead atoms. The van der Waals surface area contributed by atoms with Crippen molar-refractivity contribution in [3.05, 3.63) is 0 Å². The van der Waals surface area contributed by atoms with Crippen molar-refractivity contribution in [1.82, 2.24) is 4.90 Å². The number of nitrogens with zero attached hydrogens (tertiary/aromatic N) is 1. The molecule has 1 heterocycles. The highest BCUT2D eigenvalue weighted by Crippen LogP contribution is 2.32. The summed E-state index contributed by atoms with van der Waals surface area (Å²) in [5, 5.41) is 9.11. The number of aliphatic carboxylic acids is 1. The van der Waals surface area contributed by atoms with E-state index >= 15 is 0 Å². The first-order chi connectivity index (χ1) is 8.06. The van der Waals surface area contributed by atoms with Crippen molar-refractivity contribution in [1.29, 1.82) is 0 Å². The van der Waals surface area contributed by atoms with Gasteiger partial charge in [-0.05, 0) is 12.3 Å². The van der Waals surface area contributed by atoms with E-state index in [9.17, 15) is 9.59 Å². The summed E-state index contributed by atoms with van der Waals surface area (Å²) in [5.74, 6) is -0.650. The number of carboxylic acid groups (broad SMARTS) is 1. The first kappa shape index (κ1) is 12.4. The monoisotopic (exact) mass is 241 g/mol. The summed E-state index contributed by atoms with van der Waals surface area (Å²) in [6.45, 7) is 0.669. The van der Waals surface area contributed by atoms with Crippen LogP contribution in [0, 0.1) is 11.3 Å². The molecule has 2 aliphatic rings. The Hall–Kier alpha value is -1.10. The van der Waals surface area contributed by atoms with E-state index in [1.165, 1.54) is 19.3 Å². The molecule has 1 saturated heterocycles. The zero-order chi connectivity index (χ0) is 12.5. The number of hydrogen-bond donors (Lipinski definition) is 1. The Morgan fingerprint density at radius 1 is 1.41 bits per heavy atom. The molecule has 1 amide bonds. The average molecular weight is 241 g/mol. The lowest BCUT2D eigenvalue weighted by Gasteiger charge is -2.39. The molecule has 0 radical (unpaired) electrons. The molecule has 0 spiro atoms. The Kier molecular flexibility index (Phi) is 3.38. The number of hydrogen-bond acceptors (Lipinski definition) is 3. The van der Waals surface area contributed by atoms with Crippen LogP contribution >= 0.6 is 0 Å². The summed E-state index contributed by atoms with van der Waals surface area (Å²) in [6, 6.07) is 0. The molecule has 2 fully saturated rings. The Labute approximate surface area is 101 Å². The normalized spacial score (nSPS) is 22.4. The third-order valence-corrected chi connectivity index (χ3v) is 3.96. The van der Waals surface area contributed by atoms with Crippen LogP contribution in [0.25, 0.3) is 0 Å². The molecule has 0 aromatic carbocycles. The number of carboxylic acids is 1. The van der Waals surface area contributed by atoms with Gasteiger partial charge in [-0.1, -0.05) is 19.3 Å². The van der Waals surface area contributed by atoms with Gasteiger partial charge < -0.3 is 14.7 Å². The molecular formula is C12H19NO4. The summed E-state index contributed by atoms with van der Waals surface area (Å²) >= 11 is 0. The molecular weight excluding hydrogens is 222 g/mol. The van der Waals surface area contributed by atoms with Gasteiger partial charge >= 0.3 is 5.97 Å². The second kappa shape index (κ2) is 4.64. The SMILES string of the molecule is CN(CCC1CCC1)C(=O)C1(C(=O)O)COC1. The maximum Gasteiger partial charge on any atom is 0.324 e. The first-order valence-electron chi connectivity index (χ1n) is 6.13. The van der Waals surface area contributed by atoms with Crippen LogP contribution in [-0.2, 0) is 14.3 Å². The van der Waals surface area contributed by atoms with Crippen molar-refractivity contribution in [2.24, 2.45) is 11.3 Å². The van der Waals surface area contributed by atoms with Crippen molar-refractivity contribution in [3.63, 3.8) is 0 Å². The van der Waals surface area contributed by atoms with E-state index in [0.29, 0.717) is 6.54 Å². The summed E-state index contributed by atoms with van der Waals surface area (Å²) in [6.07, 6.45) is 4.76. The third-order valence-electron chi connectivity index (χ3n) is 3.96. The van der Waals surface area contributed by atoms with E-state index in [2.05, 4.69) is 0 Å². The number of ether oxygens (including phenoxy) is 1. The molecule has 1 aliphatic heterocycles. The summed E-state index contributed by atoms with van der Waals surface area (Å²) in [5.41, 5.74) is -1.31. The third kappa shape index (κ3) is 2.16. The van der Waals surface area contributed by atoms with E-state index in [1.807, 2.05) is 0 Å². The van der Waals surface area contributed by atoms with Crippen molar-refractivity contribution in [2.45, 2.75) is 25.7 Å². The van der Waals surface area contributed by atoms with Gasteiger partial charge in [0.15, 0.2) is 5.41 Å². The molecule has 1 saturated carbocycles. The Morgan fingerprint density at radius 2 is 2.06 bits per heavy atom. The first-order valence-corrected chi connectivity index (χ1v) is 6.13. The quantitative estimate of drug-likeness (QED) is 0.721. The van der Waals surface area contributed by atoms with E-state index < -0.39 is 11.4 Å². The minimum absolute atomic E-state index is 0.00886. The molecule has 5 heteroatoms. The van der Waals surface area contributed by atoms with Crippen LogP contribution in [0.4, 0.5) is 0 Å². The minimum Gasteiger partial charge on any atom is -0.480 e. The highest BCUT2D eigenvalue weighted by Gasteiger charge is 2.54. The molecule has 0 atom stereocenters. The van der Waals surface area contributed by atoms with Crippen LogP contribution in [-0.4, -0.2) is 48.7 Å². The van der Waals surface area contributed by atoms with Gasteiger partial charge in [-0.25, -0.2) is 0 Å². The zero-order valence-electron chi connectivity index (χ0n) is 10.1. The maximum atomic E-state index is 12.1. The van der Waals surface area contributed by atoms with Gasteiger partial charge in [-0.3, -0.25) is 9.59 Å². The van der Waals surface area contributed by atoms with Crippen LogP contribution in [0.15, 0.2) is 0 Å². The smallest absolute Gasteiger partial charge is 0.324 e. The average Bonchev–Trinajstić information content (AvgIpc) is 2.12. The van der Waals surface area contributed by atoms with Crippen molar-refractivity contribution < 1.29 is 19.4 Å². The van der Waals surface area contributed by atoms with Crippen LogP contribution in [0.3, 0.4) is 0 Å². The van der Waals surface area contributed by atoms with E-state index in [0.717, 1.165) is 12.3 Å². The zero-order valence-corrected chi connectivity index (χ0v) is 10.1. The van der Waals surface area contributed by atoms with Gasteiger partial charge in [-0.15, -0.1) is 0 Å². The van der Waals surface area contributed by atoms with Gasteiger partial charge in [0.1, 0.15) is 0 Å². The van der Waals surface area contributed by atoms with Gasteiger partial charge in [0, 0.05) is 13.6 Å². The minimum atomic E-state index is -1.31. The molecule has 0 aromatic rings. The largest absolute Gasteiger partial charge is 0.480 e. The van der Waals surface area contributed by atoms with Crippen molar-refractivity contribution in [2.75, 3.05) is 26.8 Å². The number of rotatable bonds is 5. The van der Waals surface area contributed by atoms with Crippen molar-refractivity contribution >= 4 is 11.9 Å². The Morgan fingerprint density at radius 3 is 2.41 bits per heavy atom. The van der Waals surface area contributed by atoms with Gasteiger partial charge in [0.05, 0.1) is 13.2 Å². The highest BCUT2D eigenvalue weighted by atomic mass is 16.5. The molecule has 17 heavy (non-hydrogen) atoms. The fourth-order valence-electron chi connectivity index (χ4n) is 2.27. The van der Waals surface area contributed by atoms with Crippen LogP contribution in [0.5, 0.6) is 0 Å². The van der Waals surface area contributed by atoms with Crippen LogP contribution < -0.4 is 0 Å². The molecule has 0 aromatic heterocycles. The van der Waals surface area contributed by atoms with Crippen LogP contribution in [0.1, 0.15) is 25.7 Å². The summed E-state index contributed by atoms with van der Waals surface area (Å²) in [4.78, 5) is 24.8. The van der Waals surface area contributed by atoms with Crippen molar-refractivity contribution in [3.8, 4) is 0 Å². The Balaban J connectivity index is 1.86. The fourth-order valence-corrected chi connectivity index (χ4v) is 2.27. The Bertz CT molecular complexity index is 320. The topological polar surface area (TPSA) is 66.8 Å².